The van der Waals surface area contributed by atoms with Crippen molar-refractivity contribution in [3.8, 4) is 0 Å². The lowest BCUT2D eigenvalue weighted by atomic mass is 10.1. The van der Waals surface area contributed by atoms with Crippen molar-refractivity contribution in [1.82, 2.24) is 10.6 Å². The van der Waals surface area contributed by atoms with Gasteiger partial charge in [0, 0.05) is 18.2 Å². The number of carbonyl (C=O) groups is 1. The van der Waals surface area contributed by atoms with E-state index in [0.717, 1.165) is 24.8 Å². The molecule has 1 fully saturated rings. The van der Waals surface area contributed by atoms with Crippen LogP contribution in [0.15, 0.2) is 24.3 Å². The van der Waals surface area contributed by atoms with Crippen molar-refractivity contribution < 1.29 is 9.72 Å². The zero-order chi connectivity index (χ0) is 14.5. The molecular formula is C14H19N3O3. The minimum Gasteiger partial charge on any atom is -0.352 e. The number of nitro benzene ring substituents is 1. The molecule has 1 aromatic carbocycles. The molecule has 1 aromatic rings. The van der Waals surface area contributed by atoms with Crippen LogP contribution in [0, 0.1) is 10.1 Å². The van der Waals surface area contributed by atoms with Crippen molar-refractivity contribution in [2.45, 2.75) is 38.3 Å². The Labute approximate surface area is 117 Å². The molecule has 20 heavy (non-hydrogen) atoms. The average molecular weight is 277 g/mol. The largest absolute Gasteiger partial charge is 0.352 e. The Morgan fingerprint density at radius 2 is 2.05 bits per heavy atom. The molecule has 1 aliphatic rings. The number of carbonyl (C=O) groups excluding carboxylic acids is 1. The van der Waals surface area contributed by atoms with Gasteiger partial charge in [-0.25, -0.2) is 0 Å². The molecule has 0 radical (unpaired) electrons. The van der Waals surface area contributed by atoms with Crippen LogP contribution in [0.4, 0.5) is 5.69 Å². The molecule has 1 amide bonds. The molecule has 1 atom stereocenters. The molecule has 0 heterocycles. The fourth-order valence-electron chi connectivity index (χ4n) is 1.86. The summed E-state index contributed by atoms with van der Waals surface area (Å²) in [6, 6.07) is 6.65. The molecule has 0 aromatic heterocycles. The number of rotatable bonds is 7. The molecule has 1 saturated carbocycles. The van der Waals surface area contributed by atoms with E-state index in [1.165, 1.54) is 12.1 Å². The summed E-state index contributed by atoms with van der Waals surface area (Å²) in [5, 5.41) is 16.6. The second-order valence-corrected chi connectivity index (χ2v) is 5.13. The number of nitrogens with one attached hydrogen (secondary N) is 2. The van der Waals surface area contributed by atoms with Crippen LogP contribution in [0.1, 0.15) is 25.3 Å². The number of nitro groups is 1. The van der Waals surface area contributed by atoms with E-state index in [0.29, 0.717) is 12.6 Å². The first kappa shape index (κ1) is 14.5. The van der Waals surface area contributed by atoms with Gasteiger partial charge in [-0.3, -0.25) is 14.9 Å². The first-order valence-electron chi connectivity index (χ1n) is 6.83. The third kappa shape index (κ3) is 4.31. The third-order valence-electron chi connectivity index (χ3n) is 3.33. The second kappa shape index (κ2) is 6.47. The minimum atomic E-state index is -0.410. The molecule has 2 N–H and O–H groups in total. The Morgan fingerprint density at radius 1 is 1.40 bits per heavy atom. The van der Waals surface area contributed by atoms with Crippen LogP contribution < -0.4 is 10.6 Å². The zero-order valence-corrected chi connectivity index (χ0v) is 11.5. The van der Waals surface area contributed by atoms with E-state index >= 15 is 0 Å². The van der Waals surface area contributed by atoms with Crippen molar-refractivity contribution >= 4 is 11.6 Å². The van der Waals surface area contributed by atoms with Gasteiger partial charge in [-0.05, 0) is 38.3 Å². The molecule has 6 heteroatoms. The zero-order valence-electron chi connectivity index (χ0n) is 11.5. The van der Waals surface area contributed by atoms with Crippen LogP contribution in [0.25, 0.3) is 0 Å². The van der Waals surface area contributed by atoms with E-state index in [-0.39, 0.29) is 17.6 Å². The summed E-state index contributed by atoms with van der Waals surface area (Å²) >= 11 is 0. The molecule has 0 bridgehead atoms. The number of benzene rings is 1. The van der Waals surface area contributed by atoms with Crippen LogP contribution in [-0.2, 0) is 11.2 Å². The van der Waals surface area contributed by atoms with E-state index in [2.05, 4.69) is 10.6 Å². The topological polar surface area (TPSA) is 84.3 Å². The number of nitrogens with zero attached hydrogens (tertiary/aromatic N) is 1. The second-order valence-electron chi connectivity index (χ2n) is 5.13. The van der Waals surface area contributed by atoms with Gasteiger partial charge < -0.3 is 10.6 Å². The molecule has 0 saturated heterocycles. The predicted octanol–water partition coefficient (Wildman–Crippen LogP) is 1.39. The monoisotopic (exact) mass is 277 g/mol. The highest BCUT2D eigenvalue weighted by molar-refractivity contribution is 5.81. The van der Waals surface area contributed by atoms with E-state index in [9.17, 15) is 14.9 Å². The highest BCUT2D eigenvalue weighted by Gasteiger charge is 2.25. The van der Waals surface area contributed by atoms with Gasteiger partial charge >= 0.3 is 0 Å². The van der Waals surface area contributed by atoms with Crippen LogP contribution >= 0.6 is 0 Å². The summed E-state index contributed by atoms with van der Waals surface area (Å²) in [5.41, 5.74) is 1.11. The van der Waals surface area contributed by atoms with Crippen molar-refractivity contribution in [1.29, 1.82) is 0 Å². The third-order valence-corrected chi connectivity index (χ3v) is 3.33. The molecule has 1 unspecified atom stereocenters. The molecular weight excluding hydrogens is 258 g/mol. The van der Waals surface area contributed by atoms with Gasteiger partial charge in [0.15, 0.2) is 0 Å². The van der Waals surface area contributed by atoms with Crippen molar-refractivity contribution in [2.75, 3.05) is 6.54 Å². The summed E-state index contributed by atoms with van der Waals surface area (Å²) in [6.07, 6.45) is 2.90. The smallest absolute Gasteiger partial charge is 0.269 e. The Morgan fingerprint density at radius 3 is 2.60 bits per heavy atom. The summed E-state index contributed by atoms with van der Waals surface area (Å²) < 4.78 is 0. The lowest BCUT2D eigenvalue weighted by Crippen LogP contribution is -2.43. The first-order chi connectivity index (χ1) is 9.56. The summed E-state index contributed by atoms with van der Waals surface area (Å²) in [7, 11) is 0. The fraction of sp³-hybridized carbons (Fsp3) is 0.500. The Balaban J connectivity index is 1.71. The summed E-state index contributed by atoms with van der Waals surface area (Å²) in [4.78, 5) is 21.8. The molecule has 2 rings (SSSR count). The van der Waals surface area contributed by atoms with Gasteiger partial charge in [0.05, 0.1) is 11.0 Å². The lowest BCUT2D eigenvalue weighted by Gasteiger charge is -2.13. The average Bonchev–Trinajstić information content (AvgIpc) is 3.23. The highest BCUT2D eigenvalue weighted by Crippen LogP contribution is 2.18. The van der Waals surface area contributed by atoms with E-state index in [1.807, 2.05) is 6.92 Å². The van der Waals surface area contributed by atoms with Crippen molar-refractivity contribution in [3.05, 3.63) is 39.9 Å². The van der Waals surface area contributed by atoms with Gasteiger partial charge in [-0.2, -0.15) is 0 Å². The van der Waals surface area contributed by atoms with Crippen LogP contribution in [-0.4, -0.2) is 29.5 Å². The predicted molar refractivity (Wildman–Crippen MR) is 75.4 cm³/mol. The first-order valence-corrected chi connectivity index (χ1v) is 6.83. The van der Waals surface area contributed by atoms with E-state index in [1.54, 1.807) is 12.1 Å². The number of hydrogen-bond donors (Lipinski definition) is 2. The summed E-state index contributed by atoms with van der Waals surface area (Å²) in [5.74, 6) is 0.0381. The van der Waals surface area contributed by atoms with E-state index < -0.39 is 4.92 Å². The molecule has 0 spiro atoms. The standard InChI is InChI=1S/C14H19N3O3/c1-10(14(18)16-12-4-5-12)15-9-8-11-2-6-13(7-3-11)17(19)20/h2-3,6-7,10,12,15H,4-5,8-9H2,1H3,(H,16,18). The van der Waals surface area contributed by atoms with Crippen LogP contribution in [0.3, 0.4) is 0 Å². The maximum atomic E-state index is 11.7. The van der Waals surface area contributed by atoms with Crippen molar-refractivity contribution in [2.24, 2.45) is 0 Å². The van der Waals surface area contributed by atoms with Gasteiger partial charge in [0.2, 0.25) is 5.91 Å². The molecule has 108 valence electrons. The van der Waals surface area contributed by atoms with Crippen LogP contribution in [0.2, 0.25) is 0 Å². The summed E-state index contributed by atoms with van der Waals surface area (Å²) in [6.45, 7) is 2.50. The van der Waals surface area contributed by atoms with Crippen molar-refractivity contribution in [3.63, 3.8) is 0 Å². The fourth-order valence-corrected chi connectivity index (χ4v) is 1.86. The highest BCUT2D eigenvalue weighted by atomic mass is 16.6. The van der Waals surface area contributed by atoms with E-state index in [4.69, 9.17) is 0 Å². The van der Waals surface area contributed by atoms with Gasteiger partial charge in [0.1, 0.15) is 0 Å². The number of non-ortho nitro benzene ring substituents is 1. The SMILES string of the molecule is CC(NCCc1ccc([N+](=O)[O-])cc1)C(=O)NC1CC1. The Hall–Kier alpha value is -1.95. The maximum Gasteiger partial charge on any atom is 0.269 e. The minimum absolute atomic E-state index is 0.0381. The Kier molecular flexibility index (Phi) is 4.68. The van der Waals surface area contributed by atoms with Gasteiger partial charge in [-0.15, -0.1) is 0 Å². The maximum absolute atomic E-state index is 11.7. The molecule has 0 aliphatic heterocycles. The molecule has 1 aliphatic carbocycles. The van der Waals surface area contributed by atoms with Crippen LogP contribution in [0.5, 0.6) is 0 Å². The normalized spacial score (nSPS) is 15.7. The van der Waals surface area contributed by atoms with Gasteiger partial charge in [-0.1, -0.05) is 12.1 Å². The van der Waals surface area contributed by atoms with Gasteiger partial charge in [0.25, 0.3) is 5.69 Å². The number of amides is 1. The molecule has 6 nitrogen and oxygen atoms in total. The Bertz CT molecular complexity index is 483. The number of hydrogen-bond acceptors (Lipinski definition) is 4. The quantitative estimate of drug-likeness (QED) is 0.582. The lowest BCUT2D eigenvalue weighted by molar-refractivity contribution is -0.384.